The van der Waals surface area contributed by atoms with E-state index in [1.54, 1.807) is 11.3 Å². The molecule has 3 rings (SSSR count). The summed E-state index contributed by atoms with van der Waals surface area (Å²) in [6.07, 6.45) is 1.38. The molecule has 6 heteroatoms. The zero-order chi connectivity index (χ0) is 15.5. The van der Waals surface area contributed by atoms with Crippen molar-refractivity contribution >= 4 is 28.8 Å². The van der Waals surface area contributed by atoms with E-state index in [9.17, 15) is 4.79 Å². The minimum Gasteiger partial charge on any atom is -0.379 e. The molecule has 1 amide bonds. The van der Waals surface area contributed by atoms with E-state index >= 15 is 0 Å². The second kappa shape index (κ2) is 7.30. The standard InChI is InChI=1S/C16H23ClN2O2S/c1-12-10-19(11-14(12)18-6-8-21-9-7-18)16(20)5-3-13-2-4-15(17)22-13/h2,4,12,14H,3,5-11H2,1H3/t12-,14+/m1/s1. The molecular weight excluding hydrogens is 320 g/mol. The van der Waals surface area contributed by atoms with Gasteiger partial charge in [-0.1, -0.05) is 18.5 Å². The van der Waals surface area contributed by atoms with Crippen LogP contribution in [-0.2, 0) is 16.0 Å². The lowest BCUT2D eigenvalue weighted by Crippen LogP contribution is -2.47. The number of carbonyl (C=O) groups excluding carboxylic acids is 1. The molecule has 2 aliphatic heterocycles. The third kappa shape index (κ3) is 3.82. The third-order valence-electron chi connectivity index (χ3n) is 4.65. The highest BCUT2D eigenvalue weighted by Gasteiger charge is 2.36. The Bertz CT molecular complexity index is 516. The Morgan fingerprint density at radius 2 is 2.14 bits per heavy atom. The number of nitrogens with zero attached hydrogens (tertiary/aromatic N) is 2. The van der Waals surface area contributed by atoms with Crippen LogP contribution < -0.4 is 0 Å². The number of rotatable bonds is 4. The fourth-order valence-corrected chi connectivity index (χ4v) is 4.50. The normalized spacial score (nSPS) is 26.5. The summed E-state index contributed by atoms with van der Waals surface area (Å²) < 4.78 is 6.22. The molecule has 0 radical (unpaired) electrons. The highest BCUT2D eigenvalue weighted by atomic mass is 35.5. The Balaban J connectivity index is 1.51. The molecule has 0 saturated carbocycles. The number of likely N-dealkylation sites (tertiary alicyclic amines) is 1. The van der Waals surface area contributed by atoms with Gasteiger partial charge in [0, 0.05) is 43.5 Å². The molecule has 122 valence electrons. The van der Waals surface area contributed by atoms with Crippen molar-refractivity contribution in [2.24, 2.45) is 5.92 Å². The van der Waals surface area contributed by atoms with Gasteiger partial charge in [-0.2, -0.15) is 0 Å². The molecule has 0 bridgehead atoms. The Labute approximate surface area is 141 Å². The lowest BCUT2D eigenvalue weighted by Gasteiger charge is -2.34. The van der Waals surface area contributed by atoms with Crippen molar-refractivity contribution in [1.82, 2.24) is 9.80 Å². The van der Waals surface area contributed by atoms with E-state index in [1.165, 1.54) is 4.88 Å². The topological polar surface area (TPSA) is 32.8 Å². The van der Waals surface area contributed by atoms with Crippen LogP contribution in [0.4, 0.5) is 0 Å². The molecule has 0 spiro atoms. The largest absolute Gasteiger partial charge is 0.379 e. The van der Waals surface area contributed by atoms with Gasteiger partial charge >= 0.3 is 0 Å². The van der Waals surface area contributed by atoms with Gasteiger partial charge in [-0.3, -0.25) is 9.69 Å². The lowest BCUT2D eigenvalue weighted by atomic mass is 10.0. The predicted molar refractivity (Wildman–Crippen MR) is 89.6 cm³/mol. The molecule has 1 aromatic rings. The van der Waals surface area contributed by atoms with Crippen LogP contribution in [0, 0.1) is 5.92 Å². The van der Waals surface area contributed by atoms with Gasteiger partial charge in [-0.25, -0.2) is 0 Å². The number of hydrogen-bond acceptors (Lipinski definition) is 4. The number of thiophene rings is 1. The van der Waals surface area contributed by atoms with Gasteiger partial charge < -0.3 is 9.64 Å². The Hall–Kier alpha value is -0.620. The van der Waals surface area contributed by atoms with E-state index in [4.69, 9.17) is 16.3 Å². The smallest absolute Gasteiger partial charge is 0.222 e. The van der Waals surface area contributed by atoms with Crippen LogP contribution in [0.2, 0.25) is 4.34 Å². The highest BCUT2D eigenvalue weighted by molar-refractivity contribution is 7.16. The van der Waals surface area contributed by atoms with Gasteiger partial charge in [0.25, 0.3) is 0 Å². The van der Waals surface area contributed by atoms with Gasteiger partial charge in [-0.15, -0.1) is 11.3 Å². The second-order valence-electron chi connectivity index (χ2n) is 6.20. The number of hydrogen-bond donors (Lipinski definition) is 0. The summed E-state index contributed by atoms with van der Waals surface area (Å²) in [5.74, 6) is 0.811. The Kier molecular flexibility index (Phi) is 5.39. The quantitative estimate of drug-likeness (QED) is 0.843. The lowest BCUT2D eigenvalue weighted by molar-refractivity contribution is -0.130. The summed E-state index contributed by atoms with van der Waals surface area (Å²) in [6, 6.07) is 4.41. The summed E-state index contributed by atoms with van der Waals surface area (Å²) in [5, 5.41) is 0. The predicted octanol–water partition coefficient (Wildman–Crippen LogP) is 2.51. The Morgan fingerprint density at radius 1 is 1.36 bits per heavy atom. The molecule has 2 saturated heterocycles. The van der Waals surface area contributed by atoms with Crippen LogP contribution in [0.3, 0.4) is 0 Å². The zero-order valence-electron chi connectivity index (χ0n) is 13.0. The van der Waals surface area contributed by atoms with Crippen molar-refractivity contribution in [3.8, 4) is 0 Å². The fourth-order valence-electron chi connectivity index (χ4n) is 3.41. The van der Waals surface area contributed by atoms with Gasteiger partial charge in [0.2, 0.25) is 5.91 Å². The first-order chi connectivity index (χ1) is 10.6. The summed E-state index contributed by atoms with van der Waals surface area (Å²) in [7, 11) is 0. The monoisotopic (exact) mass is 342 g/mol. The van der Waals surface area contributed by atoms with Gasteiger partial charge in [-0.05, 0) is 24.5 Å². The summed E-state index contributed by atoms with van der Waals surface area (Å²) in [6.45, 7) is 7.62. The molecule has 3 heterocycles. The Morgan fingerprint density at radius 3 is 2.82 bits per heavy atom. The molecule has 4 nitrogen and oxygen atoms in total. The molecule has 0 aliphatic carbocycles. The maximum atomic E-state index is 12.5. The van der Waals surface area contributed by atoms with Crippen molar-refractivity contribution in [2.45, 2.75) is 25.8 Å². The first-order valence-corrected chi connectivity index (χ1v) is 9.16. The zero-order valence-corrected chi connectivity index (χ0v) is 14.5. The molecule has 0 N–H and O–H groups in total. The van der Waals surface area contributed by atoms with Gasteiger partial charge in [0.15, 0.2) is 0 Å². The molecule has 2 fully saturated rings. The number of ether oxygens (including phenoxy) is 1. The van der Waals surface area contributed by atoms with Crippen molar-refractivity contribution in [3.63, 3.8) is 0 Å². The first-order valence-electron chi connectivity index (χ1n) is 7.97. The van der Waals surface area contributed by atoms with E-state index in [1.807, 2.05) is 17.0 Å². The molecule has 0 unspecified atom stereocenters. The maximum Gasteiger partial charge on any atom is 0.222 e. The van der Waals surface area contributed by atoms with Crippen molar-refractivity contribution < 1.29 is 9.53 Å². The first kappa shape index (κ1) is 16.2. The molecular formula is C16H23ClN2O2S. The molecule has 1 aromatic heterocycles. The van der Waals surface area contributed by atoms with E-state index in [0.29, 0.717) is 18.4 Å². The van der Waals surface area contributed by atoms with Crippen molar-refractivity contribution in [3.05, 3.63) is 21.3 Å². The maximum absolute atomic E-state index is 12.5. The van der Waals surface area contributed by atoms with Crippen LogP contribution in [0.25, 0.3) is 0 Å². The minimum atomic E-state index is 0.270. The van der Waals surface area contributed by atoms with Crippen LogP contribution in [0.15, 0.2) is 12.1 Å². The van der Waals surface area contributed by atoms with Crippen LogP contribution >= 0.6 is 22.9 Å². The van der Waals surface area contributed by atoms with E-state index in [-0.39, 0.29) is 5.91 Å². The SMILES string of the molecule is C[C@@H]1CN(C(=O)CCc2ccc(Cl)s2)C[C@@H]1N1CCOCC1. The summed E-state index contributed by atoms with van der Waals surface area (Å²) in [4.78, 5) is 18.2. The summed E-state index contributed by atoms with van der Waals surface area (Å²) in [5.41, 5.74) is 0. The number of carbonyl (C=O) groups is 1. The molecule has 0 aromatic carbocycles. The average molecular weight is 343 g/mol. The van der Waals surface area contributed by atoms with Crippen molar-refractivity contribution in [1.29, 1.82) is 0 Å². The van der Waals surface area contributed by atoms with Crippen molar-refractivity contribution in [2.75, 3.05) is 39.4 Å². The van der Waals surface area contributed by atoms with E-state index < -0.39 is 0 Å². The van der Waals surface area contributed by atoms with E-state index in [0.717, 1.165) is 50.1 Å². The molecule has 2 atom stereocenters. The molecule has 2 aliphatic rings. The number of halogens is 1. The fraction of sp³-hybridized carbons (Fsp3) is 0.688. The highest BCUT2D eigenvalue weighted by Crippen LogP contribution is 2.25. The van der Waals surface area contributed by atoms with Gasteiger partial charge in [0.05, 0.1) is 17.6 Å². The minimum absolute atomic E-state index is 0.270. The van der Waals surface area contributed by atoms with Crippen LogP contribution in [0.1, 0.15) is 18.2 Å². The number of aryl methyl sites for hydroxylation is 1. The number of amides is 1. The number of morpholine rings is 1. The van der Waals surface area contributed by atoms with E-state index in [2.05, 4.69) is 11.8 Å². The van der Waals surface area contributed by atoms with Crippen LogP contribution in [0.5, 0.6) is 0 Å². The summed E-state index contributed by atoms with van der Waals surface area (Å²) >= 11 is 7.50. The third-order valence-corrected chi connectivity index (χ3v) is 5.95. The van der Waals surface area contributed by atoms with Gasteiger partial charge in [0.1, 0.15) is 0 Å². The second-order valence-corrected chi connectivity index (χ2v) is 8.00. The molecule has 22 heavy (non-hydrogen) atoms. The average Bonchev–Trinajstić information content (AvgIpc) is 3.12. The van der Waals surface area contributed by atoms with Crippen LogP contribution in [-0.4, -0.2) is 61.1 Å².